The molecule has 1 heterocycles. The lowest BCUT2D eigenvalue weighted by atomic mass is 10.2. The number of hydrogen-bond acceptors (Lipinski definition) is 5. The van der Waals surface area contributed by atoms with Crippen molar-refractivity contribution in [3.05, 3.63) is 76.7 Å². The van der Waals surface area contributed by atoms with Gasteiger partial charge in [0.05, 0.1) is 24.4 Å². The summed E-state index contributed by atoms with van der Waals surface area (Å²) in [5, 5.41) is 6.47. The van der Waals surface area contributed by atoms with Crippen molar-refractivity contribution in [2.45, 2.75) is 26.9 Å². The molecule has 7 heteroatoms. The predicted molar refractivity (Wildman–Crippen MR) is 117 cm³/mol. The van der Waals surface area contributed by atoms with Crippen LogP contribution in [0.3, 0.4) is 0 Å². The summed E-state index contributed by atoms with van der Waals surface area (Å²) in [6.07, 6.45) is 1.64. The molecule has 1 aromatic heterocycles. The molecule has 3 rings (SSSR count). The second-order valence-electron chi connectivity index (χ2n) is 6.72. The van der Waals surface area contributed by atoms with Crippen LogP contribution in [0.5, 0.6) is 11.5 Å². The molecule has 0 radical (unpaired) electrons. The summed E-state index contributed by atoms with van der Waals surface area (Å²) < 4.78 is 16.7. The summed E-state index contributed by atoms with van der Waals surface area (Å²) in [7, 11) is 0. The molecule has 30 heavy (non-hydrogen) atoms. The molecule has 0 aliphatic carbocycles. The first-order valence-electron chi connectivity index (χ1n) is 9.72. The highest BCUT2D eigenvalue weighted by molar-refractivity contribution is 6.32. The highest BCUT2D eigenvalue weighted by Crippen LogP contribution is 2.36. The highest BCUT2D eigenvalue weighted by atomic mass is 35.5. The summed E-state index contributed by atoms with van der Waals surface area (Å²) in [6, 6.07) is 15.0. The first-order chi connectivity index (χ1) is 14.5. The average molecular weight is 429 g/mol. The normalized spacial score (nSPS) is 10.6. The minimum absolute atomic E-state index is 0.177. The van der Waals surface area contributed by atoms with Crippen LogP contribution >= 0.6 is 11.6 Å². The molecule has 158 valence electrons. The molecule has 3 aromatic rings. The Hall–Kier alpha value is -2.96. The lowest BCUT2D eigenvalue weighted by molar-refractivity contribution is -0.118. The Labute approximate surface area is 181 Å². The zero-order chi connectivity index (χ0) is 21.3. The van der Waals surface area contributed by atoms with Gasteiger partial charge in [0.1, 0.15) is 5.76 Å². The summed E-state index contributed by atoms with van der Waals surface area (Å²) in [5.41, 5.74) is 2.77. The number of hydrogen-bond donors (Lipinski definition) is 2. The third kappa shape index (κ3) is 6.27. The molecule has 0 saturated heterocycles. The van der Waals surface area contributed by atoms with Gasteiger partial charge in [-0.15, -0.1) is 0 Å². The topological polar surface area (TPSA) is 72.7 Å². The van der Waals surface area contributed by atoms with Crippen molar-refractivity contribution in [2.75, 3.05) is 18.5 Å². The van der Waals surface area contributed by atoms with E-state index in [-0.39, 0.29) is 12.5 Å². The van der Waals surface area contributed by atoms with Crippen molar-refractivity contribution < 1.29 is 18.7 Å². The Bertz CT molecular complexity index is 956. The van der Waals surface area contributed by atoms with Gasteiger partial charge in [-0.3, -0.25) is 4.79 Å². The van der Waals surface area contributed by atoms with E-state index in [2.05, 4.69) is 10.6 Å². The third-order valence-electron chi connectivity index (χ3n) is 4.26. The predicted octanol–water partition coefficient (Wildman–Crippen LogP) is 4.95. The fraction of sp³-hybridized carbons (Fsp3) is 0.261. The van der Waals surface area contributed by atoms with E-state index in [0.717, 1.165) is 16.9 Å². The lowest BCUT2D eigenvalue weighted by Crippen LogP contribution is -2.20. The molecule has 0 spiro atoms. The number of ether oxygens (including phenoxy) is 2. The maximum atomic E-state index is 12.2. The zero-order valence-corrected chi connectivity index (χ0v) is 17.8. The third-order valence-corrected chi connectivity index (χ3v) is 4.54. The monoisotopic (exact) mass is 428 g/mol. The number of furan rings is 1. The number of rotatable bonds is 10. The highest BCUT2D eigenvalue weighted by Gasteiger charge is 2.15. The van der Waals surface area contributed by atoms with Crippen LogP contribution in [0.15, 0.2) is 59.2 Å². The molecule has 0 fully saturated rings. The van der Waals surface area contributed by atoms with Crippen LogP contribution in [0.4, 0.5) is 5.69 Å². The molecule has 2 N–H and O–H groups in total. The summed E-state index contributed by atoms with van der Waals surface area (Å²) in [6.45, 7) is 5.32. The van der Waals surface area contributed by atoms with Gasteiger partial charge >= 0.3 is 0 Å². The van der Waals surface area contributed by atoms with Crippen molar-refractivity contribution in [3.63, 3.8) is 0 Å². The number of nitrogens with one attached hydrogen (secondary N) is 2. The van der Waals surface area contributed by atoms with Gasteiger partial charge in [0.15, 0.2) is 18.1 Å². The molecule has 0 aliphatic rings. The molecule has 2 aromatic carbocycles. The second kappa shape index (κ2) is 10.7. The molecule has 0 bridgehead atoms. The fourth-order valence-corrected chi connectivity index (χ4v) is 3.13. The Balaban J connectivity index is 1.61. The summed E-state index contributed by atoms with van der Waals surface area (Å²) in [4.78, 5) is 12.2. The minimum atomic E-state index is -0.276. The molecule has 0 unspecified atom stereocenters. The van der Waals surface area contributed by atoms with Gasteiger partial charge in [0.2, 0.25) is 0 Å². The largest absolute Gasteiger partial charge is 0.490 e. The standard InChI is InChI=1S/C23H25ClN2O4/c1-3-28-21-12-17(13-25-14-19-5-4-10-29-19)11-20(24)23(21)30-15-22(27)26-18-8-6-16(2)7-9-18/h4-12,25H,3,13-15H2,1-2H3,(H,26,27). The molecular formula is C23H25ClN2O4. The van der Waals surface area contributed by atoms with E-state index < -0.39 is 0 Å². The van der Waals surface area contributed by atoms with Crippen molar-refractivity contribution in [1.82, 2.24) is 5.32 Å². The van der Waals surface area contributed by atoms with Crippen molar-refractivity contribution in [1.29, 1.82) is 0 Å². The fourth-order valence-electron chi connectivity index (χ4n) is 2.84. The van der Waals surface area contributed by atoms with Gasteiger partial charge in [0, 0.05) is 12.2 Å². The summed E-state index contributed by atoms with van der Waals surface area (Å²) >= 11 is 6.43. The van der Waals surface area contributed by atoms with Crippen LogP contribution in [0, 0.1) is 6.92 Å². The Kier molecular flexibility index (Phi) is 7.76. The van der Waals surface area contributed by atoms with Gasteiger partial charge in [-0.25, -0.2) is 0 Å². The Morgan fingerprint density at radius 2 is 1.90 bits per heavy atom. The van der Waals surface area contributed by atoms with E-state index in [0.29, 0.717) is 41.9 Å². The number of carbonyl (C=O) groups is 1. The van der Waals surface area contributed by atoms with Crippen molar-refractivity contribution in [2.24, 2.45) is 0 Å². The lowest BCUT2D eigenvalue weighted by Gasteiger charge is -2.15. The van der Waals surface area contributed by atoms with Crippen molar-refractivity contribution >= 4 is 23.2 Å². The Morgan fingerprint density at radius 3 is 2.60 bits per heavy atom. The van der Waals surface area contributed by atoms with Gasteiger partial charge in [-0.1, -0.05) is 29.3 Å². The maximum absolute atomic E-state index is 12.2. The van der Waals surface area contributed by atoms with Crippen LogP contribution in [-0.2, 0) is 17.9 Å². The molecular weight excluding hydrogens is 404 g/mol. The zero-order valence-electron chi connectivity index (χ0n) is 17.0. The van der Waals surface area contributed by atoms with E-state index in [1.165, 1.54) is 0 Å². The number of carbonyl (C=O) groups excluding carboxylic acids is 1. The van der Waals surface area contributed by atoms with Gasteiger partial charge in [-0.05, 0) is 55.8 Å². The first kappa shape index (κ1) is 21.7. The van der Waals surface area contributed by atoms with E-state index in [1.54, 1.807) is 12.3 Å². The van der Waals surface area contributed by atoms with Gasteiger partial charge < -0.3 is 24.5 Å². The van der Waals surface area contributed by atoms with Crippen LogP contribution in [-0.4, -0.2) is 19.1 Å². The molecule has 0 aliphatic heterocycles. The Morgan fingerprint density at radius 1 is 1.10 bits per heavy atom. The van der Waals surface area contributed by atoms with E-state index >= 15 is 0 Å². The van der Waals surface area contributed by atoms with E-state index in [4.69, 9.17) is 25.5 Å². The van der Waals surface area contributed by atoms with Crippen LogP contribution in [0.25, 0.3) is 0 Å². The second-order valence-corrected chi connectivity index (χ2v) is 7.13. The first-order valence-corrected chi connectivity index (χ1v) is 10.1. The number of anilines is 1. The van der Waals surface area contributed by atoms with E-state index in [9.17, 15) is 4.79 Å². The number of aryl methyl sites for hydroxylation is 1. The molecule has 0 saturated carbocycles. The van der Waals surface area contributed by atoms with Crippen LogP contribution in [0.2, 0.25) is 5.02 Å². The average Bonchev–Trinajstić information content (AvgIpc) is 3.23. The van der Waals surface area contributed by atoms with Gasteiger partial charge in [-0.2, -0.15) is 0 Å². The van der Waals surface area contributed by atoms with Gasteiger partial charge in [0.25, 0.3) is 5.91 Å². The number of halogens is 1. The SMILES string of the molecule is CCOc1cc(CNCc2ccco2)cc(Cl)c1OCC(=O)Nc1ccc(C)cc1. The quantitative estimate of drug-likeness (QED) is 0.478. The summed E-state index contributed by atoms with van der Waals surface area (Å²) in [5.74, 6) is 1.43. The van der Waals surface area contributed by atoms with E-state index in [1.807, 2.05) is 56.3 Å². The number of amides is 1. The number of benzene rings is 2. The molecule has 0 atom stereocenters. The van der Waals surface area contributed by atoms with Crippen LogP contribution in [0.1, 0.15) is 23.8 Å². The minimum Gasteiger partial charge on any atom is -0.490 e. The maximum Gasteiger partial charge on any atom is 0.262 e. The molecule has 1 amide bonds. The molecule has 6 nitrogen and oxygen atoms in total. The van der Waals surface area contributed by atoms with Crippen LogP contribution < -0.4 is 20.1 Å². The van der Waals surface area contributed by atoms with Crippen molar-refractivity contribution in [3.8, 4) is 11.5 Å². The smallest absolute Gasteiger partial charge is 0.262 e.